The molecule has 0 bridgehead atoms. The van der Waals surface area contributed by atoms with Crippen LogP contribution in [0.3, 0.4) is 0 Å². The summed E-state index contributed by atoms with van der Waals surface area (Å²) in [4.78, 5) is 18.8. The molecule has 0 atom stereocenters. The van der Waals surface area contributed by atoms with Gasteiger partial charge in [0.2, 0.25) is 17.6 Å². The highest BCUT2D eigenvalue weighted by atomic mass is 19.2. The zero-order valence-electron chi connectivity index (χ0n) is 17.0. The molecule has 0 unspecified atom stereocenters. The van der Waals surface area contributed by atoms with Gasteiger partial charge in [-0.2, -0.15) is 4.98 Å². The molecule has 1 aromatic heterocycles. The Bertz CT molecular complexity index is 1050. The molecule has 162 valence electrons. The molecule has 1 aliphatic heterocycles. The smallest absolute Gasteiger partial charge is 0.238 e. The number of anilines is 1. The van der Waals surface area contributed by atoms with E-state index in [1.54, 1.807) is 7.11 Å². The molecule has 0 saturated carbocycles. The molecule has 1 fully saturated rings. The van der Waals surface area contributed by atoms with E-state index in [-0.39, 0.29) is 24.1 Å². The number of amides is 1. The first-order valence-electron chi connectivity index (χ1n) is 9.97. The molecule has 4 rings (SSSR count). The maximum absolute atomic E-state index is 13.3. The summed E-state index contributed by atoms with van der Waals surface area (Å²) in [7, 11) is 1.61. The van der Waals surface area contributed by atoms with Crippen molar-refractivity contribution in [3.05, 3.63) is 60.0 Å². The molecule has 9 heteroatoms. The molecule has 1 amide bonds. The first-order chi connectivity index (χ1) is 15.0. The molecule has 0 aliphatic carbocycles. The summed E-state index contributed by atoms with van der Waals surface area (Å²) in [6, 6.07) is 10.7. The number of likely N-dealkylation sites (tertiary alicyclic amines) is 1. The van der Waals surface area contributed by atoms with E-state index in [0.717, 1.165) is 36.3 Å². The molecule has 2 heterocycles. The van der Waals surface area contributed by atoms with Gasteiger partial charge in [0.05, 0.1) is 13.7 Å². The third kappa shape index (κ3) is 5.05. The van der Waals surface area contributed by atoms with Gasteiger partial charge in [-0.15, -0.1) is 0 Å². The van der Waals surface area contributed by atoms with Crippen molar-refractivity contribution in [3.8, 4) is 17.1 Å². The Labute approximate surface area is 178 Å². The van der Waals surface area contributed by atoms with E-state index in [2.05, 4.69) is 15.5 Å². The van der Waals surface area contributed by atoms with Crippen LogP contribution in [-0.4, -0.2) is 47.7 Å². The lowest BCUT2D eigenvalue weighted by atomic mass is 9.97. The number of piperidine rings is 1. The van der Waals surface area contributed by atoms with Crippen molar-refractivity contribution in [3.63, 3.8) is 0 Å². The zero-order chi connectivity index (χ0) is 21.8. The number of hydrogen-bond donors (Lipinski definition) is 1. The number of nitrogens with one attached hydrogen (secondary N) is 1. The second kappa shape index (κ2) is 9.22. The first kappa shape index (κ1) is 20.9. The van der Waals surface area contributed by atoms with E-state index in [9.17, 15) is 13.6 Å². The molecule has 0 radical (unpaired) electrons. The van der Waals surface area contributed by atoms with Crippen molar-refractivity contribution in [2.45, 2.75) is 18.8 Å². The van der Waals surface area contributed by atoms with Crippen LogP contribution in [0, 0.1) is 11.6 Å². The number of carbonyl (C=O) groups excluding carboxylic acids is 1. The molecule has 2 aromatic carbocycles. The summed E-state index contributed by atoms with van der Waals surface area (Å²) in [5, 5.41) is 6.68. The average Bonchev–Trinajstić information content (AvgIpc) is 3.27. The Hall–Kier alpha value is -3.33. The van der Waals surface area contributed by atoms with Crippen LogP contribution in [0.15, 0.2) is 47.0 Å². The number of hydrogen-bond acceptors (Lipinski definition) is 6. The summed E-state index contributed by atoms with van der Waals surface area (Å²) in [6.07, 6.45) is 1.56. The molecule has 1 aliphatic rings. The second-order valence-corrected chi connectivity index (χ2v) is 7.41. The summed E-state index contributed by atoms with van der Waals surface area (Å²) < 4.78 is 36.9. The van der Waals surface area contributed by atoms with Gasteiger partial charge in [0, 0.05) is 23.2 Å². The highest BCUT2D eigenvalue weighted by Gasteiger charge is 2.26. The molecular formula is C22H22F2N4O3. The Morgan fingerprint density at radius 1 is 1.16 bits per heavy atom. The van der Waals surface area contributed by atoms with Gasteiger partial charge in [0.1, 0.15) is 5.75 Å². The van der Waals surface area contributed by atoms with E-state index in [1.807, 2.05) is 29.2 Å². The predicted molar refractivity (Wildman–Crippen MR) is 110 cm³/mol. The maximum Gasteiger partial charge on any atom is 0.238 e. The van der Waals surface area contributed by atoms with Crippen molar-refractivity contribution in [2.24, 2.45) is 0 Å². The lowest BCUT2D eigenvalue weighted by molar-refractivity contribution is -0.117. The SMILES string of the molecule is COc1ccc(-c2noc(C3CCN(CC(=O)Nc4ccc(F)c(F)c4)CC3)n2)cc1. The minimum atomic E-state index is -0.993. The van der Waals surface area contributed by atoms with E-state index in [0.29, 0.717) is 24.8 Å². The quantitative estimate of drug-likeness (QED) is 0.643. The van der Waals surface area contributed by atoms with Crippen LogP contribution in [0.2, 0.25) is 0 Å². The normalized spacial score (nSPS) is 15.1. The Morgan fingerprint density at radius 3 is 2.58 bits per heavy atom. The Morgan fingerprint density at radius 2 is 1.90 bits per heavy atom. The Balaban J connectivity index is 1.29. The molecule has 1 N–H and O–H groups in total. The number of methoxy groups -OCH3 is 1. The molecule has 31 heavy (non-hydrogen) atoms. The van der Waals surface area contributed by atoms with Gasteiger partial charge in [-0.3, -0.25) is 9.69 Å². The summed E-state index contributed by atoms with van der Waals surface area (Å²) in [6.45, 7) is 1.55. The highest BCUT2D eigenvalue weighted by molar-refractivity contribution is 5.92. The van der Waals surface area contributed by atoms with Crippen LogP contribution in [-0.2, 0) is 4.79 Å². The number of nitrogens with zero attached hydrogens (tertiary/aromatic N) is 3. The number of ether oxygens (including phenoxy) is 1. The second-order valence-electron chi connectivity index (χ2n) is 7.41. The van der Waals surface area contributed by atoms with Crippen molar-refractivity contribution in [1.82, 2.24) is 15.0 Å². The molecule has 7 nitrogen and oxygen atoms in total. The van der Waals surface area contributed by atoms with E-state index < -0.39 is 11.6 Å². The fraction of sp³-hybridized carbons (Fsp3) is 0.318. The van der Waals surface area contributed by atoms with Crippen molar-refractivity contribution in [2.75, 3.05) is 32.1 Å². The first-order valence-corrected chi connectivity index (χ1v) is 9.97. The number of halogens is 2. The predicted octanol–water partition coefficient (Wildman–Crippen LogP) is 3.84. The third-order valence-electron chi connectivity index (χ3n) is 5.30. The topological polar surface area (TPSA) is 80.5 Å². The lowest BCUT2D eigenvalue weighted by Gasteiger charge is -2.29. The van der Waals surface area contributed by atoms with Crippen LogP contribution in [0.1, 0.15) is 24.7 Å². The molecule has 1 saturated heterocycles. The Kier molecular flexibility index (Phi) is 6.22. The fourth-order valence-corrected chi connectivity index (χ4v) is 3.57. The van der Waals surface area contributed by atoms with Gasteiger partial charge >= 0.3 is 0 Å². The van der Waals surface area contributed by atoms with Gasteiger partial charge < -0.3 is 14.6 Å². The third-order valence-corrected chi connectivity index (χ3v) is 5.30. The minimum absolute atomic E-state index is 0.130. The molecule has 0 spiro atoms. The van der Waals surface area contributed by atoms with Crippen LogP contribution in [0.25, 0.3) is 11.4 Å². The van der Waals surface area contributed by atoms with E-state index >= 15 is 0 Å². The van der Waals surface area contributed by atoms with Gasteiger partial charge in [0.25, 0.3) is 0 Å². The van der Waals surface area contributed by atoms with Gasteiger partial charge in [-0.25, -0.2) is 8.78 Å². The summed E-state index contributed by atoms with van der Waals surface area (Å²) in [5.74, 6) is -0.200. The summed E-state index contributed by atoms with van der Waals surface area (Å²) >= 11 is 0. The number of carbonyl (C=O) groups is 1. The van der Waals surface area contributed by atoms with Crippen molar-refractivity contribution >= 4 is 11.6 Å². The average molecular weight is 428 g/mol. The zero-order valence-corrected chi connectivity index (χ0v) is 17.0. The lowest BCUT2D eigenvalue weighted by Crippen LogP contribution is -2.38. The number of benzene rings is 2. The van der Waals surface area contributed by atoms with Crippen molar-refractivity contribution in [1.29, 1.82) is 0 Å². The maximum atomic E-state index is 13.3. The van der Waals surface area contributed by atoms with Crippen LogP contribution < -0.4 is 10.1 Å². The van der Waals surface area contributed by atoms with Gasteiger partial charge in [0.15, 0.2) is 11.6 Å². The summed E-state index contributed by atoms with van der Waals surface area (Å²) in [5.41, 5.74) is 1.08. The van der Waals surface area contributed by atoms with Crippen LogP contribution >= 0.6 is 0 Å². The number of aromatic nitrogens is 2. The van der Waals surface area contributed by atoms with E-state index in [1.165, 1.54) is 6.07 Å². The van der Waals surface area contributed by atoms with Crippen LogP contribution in [0.4, 0.5) is 14.5 Å². The monoisotopic (exact) mass is 428 g/mol. The highest BCUT2D eigenvalue weighted by Crippen LogP contribution is 2.29. The van der Waals surface area contributed by atoms with Gasteiger partial charge in [-0.1, -0.05) is 5.16 Å². The van der Waals surface area contributed by atoms with E-state index in [4.69, 9.17) is 9.26 Å². The molecule has 3 aromatic rings. The van der Waals surface area contributed by atoms with Crippen LogP contribution in [0.5, 0.6) is 5.75 Å². The van der Waals surface area contributed by atoms with Gasteiger partial charge in [-0.05, 0) is 62.3 Å². The standard InChI is InChI=1S/C22H22F2N4O3/c1-30-17-5-2-14(3-6-17)21-26-22(31-27-21)15-8-10-28(11-9-15)13-20(29)25-16-4-7-18(23)19(24)12-16/h2-7,12,15H,8-11,13H2,1H3,(H,25,29). The molecular weight excluding hydrogens is 406 g/mol. The largest absolute Gasteiger partial charge is 0.497 e. The fourth-order valence-electron chi connectivity index (χ4n) is 3.57. The minimum Gasteiger partial charge on any atom is -0.497 e. The van der Waals surface area contributed by atoms with Crippen molar-refractivity contribution < 1.29 is 22.8 Å². The number of rotatable bonds is 6.